The van der Waals surface area contributed by atoms with Crippen LogP contribution < -0.4 is 5.73 Å². The lowest BCUT2D eigenvalue weighted by atomic mass is 10.1. The number of carbonyl (C=O) groups is 1. The molecular formula is C15H24N2O2. The van der Waals surface area contributed by atoms with Crippen LogP contribution in [0, 0.1) is 0 Å². The molecule has 106 valence electrons. The molecule has 1 aliphatic carbocycles. The molecule has 4 nitrogen and oxygen atoms in total. The summed E-state index contributed by atoms with van der Waals surface area (Å²) in [5.74, 6) is 1.07. The molecule has 1 unspecified atom stereocenters. The number of furan rings is 1. The zero-order valence-electron chi connectivity index (χ0n) is 11.7. The first kappa shape index (κ1) is 14.1. The molecule has 1 aliphatic rings. The van der Waals surface area contributed by atoms with Gasteiger partial charge in [-0.25, -0.2) is 0 Å². The molecule has 0 radical (unpaired) electrons. The van der Waals surface area contributed by atoms with Crippen molar-refractivity contribution in [2.45, 2.75) is 64.1 Å². The van der Waals surface area contributed by atoms with Gasteiger partial charge in [0.2, 0.25) is 5.91 Å². The highest BCUT2D eigenvalue weighted by molar-refractivity contribution is 5.76. The van der Waals surface area contributed by atoms with Crippen LogP contribution in [0.4, 0.5) is 0 Å². The van der Waals surface area contributed by atoms with E-state index in [1.165, 1.54) is 12.8 Å². The predicted molar refractivity (Wildman–Crippen MR) is 74.4 cm³/mol. The van der Waals surface area contributed by atoms with Gasteiger partial charge in [0, 0.05) is 18.5 Å². The molecule has 1 fully saturated rings. The van der Waals surface area contributed by atoms with E-state index in [9.17, 15) is 4.79 Å². The Hall–Kier alpha value is -1.29. The Balaban J connectivity index is 1.98. The van der Waals surface area contributed by atoms with E-state index in [0.29, 0.717) is 19.0 Å². The quantitative estimate of drug-likeness (QED) is 0.859. The highest BCUT2D eigenvalue weighted by Gasteiger charge is 2.27. The molecule has 1 aromatic rings. The third-order valence-corrected chi connectivity index (χ3v) is 3.81. The summed E-state index contributed by atoms with van der Waals surface area (Å²) in [4.78, 5) is 14.4. The van der Waals surface area contributed by atoms with Crippen molar-refractivity contribution >= 4 is 5.91 Å². The van der Waals surface area contributed by atoms with Crippen molar-refractivity contribution in [1.29, 1.82) is 0 Å². The molecule has 1 atom stereocenters. The zero-order valence-corrected chi connectivity index (χ0v) is 11.7. The first-order chi connectivity index (χ1) is 9.16. The van der Waals surface area contributed by atoms with Crippen molar-refractivity contribution in [3.63, 3.8) is 0 Å². The van der Waals surface area contributed by atoms with E-state index in [-0.39, 0.29) is 11.9 Å². The van der Waals surface area contributed by atoms with Crippen LogP contribution in [0.3, 0.4) is 0 Å². The number of hydrogen-bond donors (Lipinski definition) is 1. The molecule has 0 bridgehead atoms. The Bertz CT molecular complexity index is 381. The van der Waals surface area contributed by atoms with Crippen molar-refractivity contribution in [1.82, 2.24) is 4.90 Å². The van der Waals surface area contributed by atoms with Gasteiger partial charge in [-0.3, -0.25) is 4.79 Å². The molecule has 1 heterocycles. The fourth-order valence-electron chi connectivity index (χ4n) is 2.70. The molecule has 4 heteroatoms. The van der Waals surface area contributed by atoms with Gasteiger partial charge in [-0.05, 0) is 38.3 Å². The van der Waals surface area contributed by atoms with E-state index < -0.39 is 0 Å². The average molecular weight is 264 g/mol. The van der Waals surface area contributed by atoms with E-state index in [2.05, 4.69) is 0 Å². The zero-order chi connectivity index (χ0) is 13.7. The largest absolute Gasteiger partial charge is 0.467 e. The summed E-state index contributed by atoms with van der Waals surface area (Å²) in [7, 11) is 0. The minimum absolute atomic E-state index is 0.0815. The van der Waals surface area contributed by atoms with Crippen LogP contribution in [0.1, 0.15) is 51.2 Å². The first-order valence-corrected chi connectivity index (χ1v) is 7.24. The van der Waals surface area contributed by atoms with Gasteiger partial charge in [0.15, 0.2) is 0 Å². The molecular weight excluding hydrogens is 240 g/mol. The summed E-state index contributed by atoms with van der Waals surface area (Å²) < 4.78 is 5.38. The Labute approximate surface area is 114 Å². The SMILES string of the molecule is CC(N)CCC(=O)N(Cc1ccco1)C1CCCC1. The number of rotatable bonds is 6. The van der Waals surface area contributed by atoms with Crippen molar-refractivity contribution in [2.24, 2.45) is 5.73 Å². The van der Waals surface area contributed by atoms with Crippen LogP contribution in [-0.4, -0.2) is 22.9 Å². The standard InChI is InChI=1S/C15H24N2O2/c1-12(16)8-9-15(18)17(13-5-2-3-6-13)11-14-7-4-10-19-14/h4,7,10,12-13H,2-3,5-6,8-9,11,16H2,1H3. The molecule has 0 aromatic carbocycles. The maximum atomic E-state index is 12.4. The summed E-state index contributed by atoms with van der Waals surface area (Å²) in [6, 6.07) is 4.26. The highest BCUT2D eigenvalue weighted by Crippen LogP contribution is 2.26. The third-order valence-electron chi connectivity index (χ3n) is 3.81. The fraction of sp³-hybridized carbons (Fsp3) is 0.667. The van der Waals surface area contributed by atoms with Crippen molar-refractivity contribution < 1.29 is 9.21 Å². The molecule has 0 aliphatic heterocycles. The lowest BCUT2D eigenvalue weighted by Crippen LogP contribution is -2.38. The van der Waals surface area contributed by atoms with Gasteiger partial charge in [0.1, 0.15) is 5.76 Å². The van der Waals surface area contributed by atoms with E-state index in [0.717, 1.165) is 25.0 Å². The molecule has 2 rings (SSSR count). The van der Waals surface area contributed by atoms with Gasteiger partial charge in [0.25, 0.3) is 0 Å². The molecule has 2 N–H and O–H groups in total. The number of carbonyl (C=O) groups excluding carboxylic acids is 1. The topological polar surface area (TPSA) is 59.5 Å². The molecule has 1 saturated carbocycles. The van der Waals surface area contributed by atoms with E-state index >= 15 is 0 Å². The fourth-order valence-corrected chi connectivity index (χ4v) is 2.70. The second kappa shape index (κ2) is 6.75. The van der Waals surface area contributed by atoms with Crippen LogP contribution in [0.2, 0.25) is 0 Å². The highest BCUT2D eigenvalue weighted by atomic mass is 16.3. The minimum atomic E-state index is 0.0815. The second-order valence-electron chi connectivity index (χ2n) is 5.56. The van der Waals surface area contributed by atoms with Gasteiger partial charge < -0.3 is 15.1 Å². The Kier molecular flexibility index (Phi) is 5.02. The Morgan fingerprint density at radius 1 is 1.53 bits per heavy atom. The summed E-state index contributed by atoms with van der Waals surface area (Å²) >= 11 is 0. The van der Waals surface area contributed by atoms with Crippen molar-refractivity contribution in [2.75, 3.05) is 0 Å². The summed E-state index contributed by atoms with van der Waals surface area (Å²) in [5, 5.41) is 0. The van der Waals surface area contributed by atoms with Gasteiger partial charge in [-0.2, -0.15) is 0 Å². The van der Waals surface area contributed by atoms with Crippen LogP contribution in [0.5, 0.6) is 0 Å². The van der Waals surface area contributed by atoms with Gasteiger partial charge in [0.05, 0.1) is 12.8 Å². The molecule has 0 saturated heterocycles. The van der Waals surface area contributed by atoms with Crippen molar-refractivity contribution in [3.8, 4) is 0 Å². The summed E-state index contributed by atoms with van der Waals surface area (Å²) in [5.41, 5.74) is 5.74. The van der Waals surface area contributed by atoms with Crippen LogP contribution >= 0.6 is 0 Å². The van der Waals surface area contributed by atoms with Gasteiger partial charge >= 0.3 is 0 Å². The van der Waals surface area contributed by atoms with Gasteiger partial charge in [-0.15, -0.1) is 0 Å². The van der Waals surface area contributed by atoms with Crippen LogP contribution in [0.15, 0.2) is 22.8 Å². The van der Waals surface area contributed by atoms with E-state index in [4.69, 9.17) is 10.2 Å². The maximum absolute atomic E-state index is 12.4. The smallest absolute Gasteiger partial charge is 0.223 e. The molecule has 19 heavy (non-hydrogen) atoms. The molecule has 1 aromatic heterocycles. The minimum Gasteiger partial charge on any atom is -0.467 e. The van der Waals surface area contributed by atoms with Crippen molar-refractivity contribution in [3.05, 3.63) is 24.2 Å². The summed E-state index contributed by atoms with van der Waals surface area (Å²) in [6.45, 7) is 2.54. The Morgan fingerprint density at radius 3 is 2.84 bits per heavy atom. The number of hydrogen-bond acceptors (Lipinski definition) is 3. The number of amides is 1. The molecule has 1 amide bonds. The Morgan fingerprint density at radius 2 is 2.26 bits per heavy atom. The summed E-state index contributed by atoms with van der Waals surface area (Å²) in [6.07, 6.45) is 7.62. The first-order valence-electron chi connectivity index (χ1n) is 7.24. The number of nitrogens with zero attached hydrogens (tertiary/aromatic N) is 1. The van der Waals surface area contributed by atoms with Crippen LogP contribution in [0.25, 0.3) is 0 Å². The van der Waals surface area contributed by atoms with Gasteiger partial charge in [-0.1, -0.05) is 12.8 Å². The van der Waals surface area contributed by atoms with Crippen LogP contribution in [-0.2, 0) is 11.3 Å². The normalized spacial score (nSPS) is 17.6. The molecule has 0 spiro atoms. The lowest BCUT2D eigenvalue weighted by molar-refractivity contribution is -0.134. The lowest BCUT2D eigenvalue weighted by Gasteiger charge is -2.28. The van der Waals surface area contributed by atoms with E-state index in [1.807, 2.05) is 24.0 Å². The monoisotopic (exact) mass is 264 g/mol. The predicted octanol–water partition coefficient (Wildman–Crippen LogP) is 2.68. The third kappa shape index (κ3) is 4.10. The average Bonchev–Trinajstić information content (AvgIpc) is 3.05. The number of nitrogens with two attached hydrogens (primary N) is 1. The maximum Gasteiger partial charge on any atom is 0.223 e. The van der Waals surface area contributed by atoms with E-state index in [1.54, 1.807) is 6.26 Å². The second-order valence-corrected chi connectivity index (χ2v) is 5.56.